The van der Waals surface area contributed by atoms with Crippen molar-refractivity contribution in [2.45, 2.75) is 13.8 Å². The molecule has 3 aromatic rings. The Morgan fingerprint density at radius 1 is 1.21 bits per heavy atom. The number of anilines is 1. The maximum atomic E-state index is 11.9. The average Bonchev–Trinajstić information content (AvgIpc) is 3.20. The fraction of sp³-hybridized carbons (Fsp3) is 0.267. The highest BCUT2D eigenvalue weighted by atomic mass is 32.1. The quantitative estimate of drug-likeness (QED) is 0.660. The molecule has 0 atom stereocenters. The van der Waals surface area contributed by atoms with Crippen LogP contribution in [0.15, 0.2) is 29.9 Å². The Kier molecular flexibility index (Phi) is 4.80. The molecule has 0 aliphatic heterocycles. The number of hydrogen-bond donors (Lipinski definition) is 2. The van der Waals surface area contributed by atoms with Gasteiger partial charge in [-0.1, -0.05) is 0 Å². The molecule has 3 aromatic heterocycles. The van der Waals surface area contributed by atoms with Gasteiger partial charge < -0.3 is 10.6 Å². The van der Waals surface area contributed by atoms with E-state index in [0.29, 0.717) is 29.6 Å². The van der Waals surface area contributed by atoms with Crippen molar-refractivity contribution >= 4 is 23.1 Å². The Labute approximate surface area is 143 Å². The van der Waals surface area contributed by atoms with Crippen LogP contribution in [0.5, 0.6) is 0 Å². The highest BCUT2D eigenvalue weighted by Crippen LogP contribution is 2.11. The van der Waals surface area contributed by atoms with Crippen LogP contribution in [-0.4, -0.2) is 44.0 Å². The highest BCUT2D eigenvalue weighted by molar-refractivity contribution is 7.11. The molecule has 9 heteroatoms. The van der Waals surface area contributed by atoms with Crippen LogP contribution in [0.2, 0.25) is 0 Å². The first-order valence-corrected chi connectivity index (χ1v) is 8.30. The first kappa shape index (κ1) is 16.1. The number of nitrogens with one attached hydrogen (secondary N) is 2. The van der Waals surface area contributed by atoms with Crippen LogP contribution in [0.3, 0.4) is 0 Å². The lowest BCUT2D eigenvalue weighted by Crippen LogP contribution is -2.28. The van der Waals surface area contributed by atoms with Crippen LogP contribution in [0.25, 0.3) is 5.82 Å². The van der Waals surface area contributed by atoms with E-state index in [-0.39, 0.29) is 5.91 Å². The third kappa shape index (κ3) is 3.74. The number of aromatic nitrogens is 5. The fourth-order valence-electron chi connectivity index (χ4n) is 2.05. The van der Waals surface area contributed by atoms with E-state index in [9.17, 15) is 4.79 Å². The molecule has 0 unspecified atom stereocenters. The Balaban J connectivity index is 1.47. The first-order valence-electron chi connectivity index (χ1n) is 7.42. The van der Waals surface area contributed by atoms with Crippen LogP contribution >= 0.6 is 11.3 Å². The van der Waals surface area contributed by atoms with Crippen molar-refractivity contribution in [1.82, 2.24) is 30.3 Å². The zero-order valence-corrected chi connectivity index (χ0v) is 14.2. The summed E-state index contributed by atoms with van der Waals surface area (Å²) in [5, 5.41) is 18.5. The Morgan fingerprint density at radius 3 is 2.71 bits per heavy atom. The van der Waals surface area contributed by atoms with Gasteiger partial charge in [-0.25, -0.2) is 9.67 Å². The van der Waals surface area contributed by atoms with Crippen molar-refractivity contribution < 1.29 is 4.79 Å². The summed E-state index contributed by atoms with van der Waals surface area (Å²) in [6.45, 7) is 4.78. The summed E-state index contributed by atoms with van der Waals surface area (Å²) in [4.78, 5) is 16.6. The summed E-state index contributed by atoms with van der Waals surface area (Å²) in [6.07, 6.45) is 1.84. The minimum atomic E-state index is -0.104. The van der Waals surface area contributed by atoms with Gasteiger partial charge in [0.15, 0.2) is 5.82 Å². The summed E-state index contributed by atoms with van der Waals surface area (Å²) in [7, 11) is 0. The molecular formula is C15H17N7OS. The predicted octanol–water partition coefficient (Wildman–Crippen LogP) is 1.58. The van der Waals surface area contributed by atoms with Crippen molar-refractivity contribution in [1.29, 1.82) is 0 Å². The summed E-state index contributed by atoms with van der Waals surface area (Å²) in [5.74, 6) is 1.20. The summed E-state index contributed by atoms with van der Waals surface area (Å²) in [6, 6.07) is 5.57. The van der Waals surface area contributed by atoms with E-state index < -0.39 is 0 Å². The van der Waals surface area contributed by atoms with E-state index in [1.807, 2.05) is 38.2 Å². The molecular weight excluding hydrogens is 326 g/mol. The molecule has 0 radical (unpaired) electrons. The van der Waals surface area contributed by atoms with Crippen LogP contribution in [0.1, 0.15) is 21.1 Å². The molecule has 8 nitrogen and oxygen atoms in total. The third-order valence-corrected chi connectivity index (χ3v) is 4.20. The molecule has 1 amide bonds. The maximum Gasteiger partial charge on any atom is 0.263 e. The lowest BCUT2D eigenvalue weighted by Gasteiger charge is -2.07. The van der Waals surface area contributed by atoms with Crippen LogP contribution in [-0.2, 0) is 0 Å². The van der Waals surface area contributed by atoms with Crippen molar-refractivity contribution in [3.63, 3.8) is 0 Å². The topological polar surface area (TPSA) is 97.6 Å². The predicted molar refractivity (Wildman–Crippen MR) is 91.6 cm³/mol. The van der Waals surface area contributed by atoms with E-state index in [1.54, 1.807) is 10.2 Å². The minimum Gasteiger partial charge on any atom is -0.367 e. The summed E-state index contributed by atoms with van der Waals surface area (Å²) >= 11 is 1.34. The molecule has 0 spiro atoms. The molecule has 0 saturated carbocycles. The Hall–Kier alpha value is -2.81. The van der Waals surface area contributed by atoms with Gasteiger partial charge >= 0.3 is 0 Å². The van der Waals surface area contributed by atoms with Crippen molar-refractivity contribution in [2.24, 2.45) is 0 Å². The van der Waals surface area contributed by atoms with Gasteiger partial charge in [-0.3, -0.25) is 4.79 Å². The number of carbonyl (C=O) groups is 1. The van der Waals surface area contributed by atoms with Crippen molar-refractivity contribution in [2.75, 3.05) is 18.4 Å². The number of amides is 1. The monoisotopic (exact) mass is 343 g/mol. The molecule has 3 heterocycles. The molecule has 24 heavy (non-hydrogen) atoms. The van der Waals surface area contributed by atoms with E-state index in [0.717, 1.165) is 11.4 Å². The van der Waals surface area contributed by atoms with E-state index >= 15 is 0 Å². The van der Waals surface area contributed by atoms with Crippen LogP contribution in [0, 0.1) is 13.8 Å². The molecule has 0 aliphatic carbocycles. The zero-order valence-electron chi connectivity index (χ0n) is 13.4. The van der Waals surface area contributed by atoms with Crippen LogP contribution in [0.4, 0.5) is 5.82 Å². The minimum absolute atomic E-state index is 0.104. The number of rotatable bonds is 6. The van der Waals surface area contributed by atoms with E-state index in [2.05, 4.69) is 30.9 Å². The van der Waals surface area contributed by atoms with Gasteiger partial charge in [0.25, 0.3) is 5.91 Å². The molecule has 0 aliphatic rings. The number of thiazole rings is 1. The largest absolute Gasteiger partial charge is 0.367 e. The third-order valence-electron chi connectivity index (χ3n) is 3.28. The molecule has 3 rings (SSSR count). The molecule has 0 aromatic carbocycles. The van der Waals surface area contributed by atoms with Crippen molar-refractivity contribution in [3.05, 3.63) is 46.2 Å². The number of carbonyl (C=O) groups excluding carboxylic acids is 1. The normalized spacial score (nSPS) is 10.6. The molecule has 0 saturated heterocycles. The Morgan fingerprint density at radius 2 is 2.08 bits per heavy atom. The lowest BCUT2D eigenvalue weighted by atomic mass is 10.4. The van der Waals surface area contributed by atoms with Gasteiger partial charge in [0.05, 0.1) is 16.9 Å². The lowest BCUT2D eigenvalue weighted by molar-refractivity contribution is 0.0958. The standard InChI is InChI=1S/C15H17N7OS/c1-10-5-8-22(21-10)13-4-3-12(19-20-13)16-6-7-17-15(23)14-11(2)18-9-24-14/h3-5,8-9H,6-7H2,1-2H3,(H,16,19)(H,17,23). The van der Waals surface area contributed by atoms with Gasteiger partial charge in [-0.2, -0.15) is 5.10 Å². The van der Waals surface area contributed by atoms with E-state index in [4.69, 9.17) is 0 Å². The highest BCUT2D eigenvalue weighted by Gasteiger charge is 2.10. The SMILES string of the molecule is Cc1ccn(-c2ccc(NCCNC(=O)c3scnc3C)nn2)n1. The second kappa shape index (κ2) is 7.18. The first-order chi connectivity index (χ1) is 11.6. The molecule has 0 bridgehead atoms. The molecule has 124 valence electrons. The smallest absolute Gasteiger partial charge is 0.263 e. The van der Waals surface area contributed by atoms with Gasteiger partial charge in [0.2, 0.25) is 0 Å². The fourth-order valence-corrected chi connectivity index (χ4v) is 2.77. The number of nitrogens with zero attached hydrogens (tertiary/aromatic N) is 5. The molecule has 2 N–H and O–H groups in total. The molecule has 0 fully saturated rings. The van der Waals surface area contributed by atoms with E-state index in [1.165, 1.54) is 11.3 Å². The second-order valence-electron chi connectivity index (χ2n) is 5.13. The van der Waals surface area contributed by atoms with Crippen LogP contribution < -0.4 is 10.6 Å². The van der Waals surface area contributed by atoms with Gasteiger partial charge in [-0.05, 0) is 32.0 Å². The Bertz CT molecular complexity index is 824. The maximum absolute atomic E-state index is 11.9. The van der Waals surface area contributed by atoms with Gasteiger partial charge in [0.1, 0.15) is 10.7 Å². The average molecular weight is 343 g/mol. The number of hydrogen-bond acceptors (Lipinski definition) is 7. The van der Waals surface area contributed by atoms with Gasteiger partial charge in [-0.15, -0.1) is 21.5 Å². The number of aryl methyl sites for hydroxylation is 2. The summed E-state index contributed by atoms with van der Waals surface area (Å²) < 4.78 is 1.67. The zero-order chi connectivity index (χ0) is 16.9. The summed E-state index contributed by atoms with van der Waals surface area (Å²) in [5.41, 5.74) is 3.34. The van der Waals surface area contributed by atoms with Gasteiger partial charge in [0, 0.05) is 19.3 Å². The second-order valence-corrected chi connectivity index (χ2v) is 5.98. The van der Waals surface area contributed by atoms with Crippen molar-refractivity contribution in [3.8, 4) is 5.82 Å².